The highest BCUT2D eigenvalue weighted by Gasteiger charge is 2.66. The van der Waals surface area contributed by atoms with E-state index in [0.29, 0.717) is 47.3 Å². The summed E-state index contributed by atoms with van der Waals surface area (Å²) in [6.07, 6.45) is 19.3. The number of aliphatic hydroxyl groups excluding tert-OH is 2. The lowest BCUT2D eigenvalue weighted by Crippen LogP contribution is -2.70. The lowest BCUT2D eigenvalue weighted by Gasteiger charge is -2.59. The first-order valence-corrected chi connectivity index (χ1v) is 27.7. The number of ether oxygens (including phenoxy) is 6. The summed E-state index contributed by atoms with van der Waals surface area (Å²) < 4.78 is 39.0. The molecule has 8 rings (SSSR count). The fraction of sp³-hybridized carbons (Fsp3) is 0.508. The van der Waals surface area contributed by atoms with E-state index in [1.54, 1.807) is 29.2 Å². The summed E-state index contributed by atoms with van der Waals surface area (Å²) in [5.74, 6) is -0.0949. The Kier molecular flexibility index (Phi) is 20.6. The van der Waals surface area contributed by atoms with E-state index in [-0.39, 0.29) is 76.2 Å². The molecule has 15 heteroatoms. The van der Waals surface area contributed by atoms with E-state index in [1.165, 1.54) is 50.7 Å². The quantitative estimate of drug-likeness (QED) is 0.0211. The van der Waals surface area contributed by atoms with Crippen LogP contribution in [0.15, 0.2) is 120 Å². The van der Waals surface area contributed by atoms with Gasteiger partial charge in [-0.1, -0.05) is 137 Å². The molecule has 408 valence electrons. The van der Waals surface area contributed by atoms with E-state index in [1.807, 2.05) is 60.7 Å². The predicted molar refractivity (Wildman–Crippen MR) is 291 cm³/mol. The maximum Gasteiger partial charge on any atom is 0.410 e. The van der Waals surface area contributed by atoms with Gasteiger partial charge < -0.3 is 43.5 Å². The summed E-state index contributed by atoms with van der Waals surface area (Å²) in [5, 5.41) is 37.0. The lowest BCUT2D eigenvalue weighted by molar-refractivity contribution is -0.384. The number of nitro benzene ring substituents is 1. The summed E-state index contributed by atoms with van der Waals surface area (Å²) in [4.78, 5) is 34.7. The van der Waals surface area contributed by atoms with Gasteiger partial charge in [-0.2, -0.15) is 0 Å². The van der Waals surface area contributed by atoms with Crippen LogP contribution in [0.4, 0.5) is 10.5 Å². The van der Waals surface area contributed by atoms with Gasteiger partial charge in [0, 0.05) is 43.7 Å². The number of carbonyl (C=O) groups is 1. The van der Waals surface area contributed by atoms with E-state index in [2.05, 4.69) is 19.6 Å². The molecule has 2 aliphatic carbocycles. The zero-order valence-electron chi connectivity index (χ0n) is 44.2. The third kappa shape index (κ3) is 13.9. The smallest absolute Gasteiger partial charge is 0.410 e. The van der Waals surface area contributed by atoms with Gasteiger partial charge in [-0.3, -0.25) is 15.0 Å². The molecule has 2 aliphatic heterocycles. The molecule has 1 amide bonds. The van der Waals surface area contributed by atoms with Gasteiger partial charge in [0.05, 0.1) is 35.8 Å². The summed E-state index contributed by atoms with van der Waals surface area (Å²) in [6.45, 7) is 7.14. The van der Waals surface area contributed by atoms with Gasteiger partial charge in [0.1, 0.15) is 29.9 Å². The third-order valence-electron chi connectivity index (χ3n) is 15.3. The van der Waals surface area contributed by atoms with E-state index < -0.39 is 28.8 Å². The average molecular weight is 1040 g/mol. The van der Waals surface area contributed by atoms with Crippen LogP contribution in [-0.2, 0) is 27.5 Å². The molecule has 76 heavy (non-hydrogen) atoms. The Bertz CT molecular complexity index is 2590. The highest BCUT2D eigenvalue weighted by atomic mass is 16.7. The normalized spacial score (nSPS) is 21.4. The molecular formula is C61H77N3O12. The van der Waals surface area contributed by atoms with Crippen LogP contribution < -0.4 is 18.9 Å². The zero-order chi connectivity index (χ0) is 53.1. The van der Waals surface area contributed by atoms with Gasteiger partial charge in [0.2, 0.25) is 12.6 Å². The lowest BCUT2D eigenvalue weighted by atomic mass is 9.55. The Labute approximate surface area is 448 Å². The van der Waals surface area contributed by atoms with Gasteiger partial charge in [-0.25, -0.2) is 4.79 Å². The van der Waals surface area contributed by atoms with Crippen LogP contribution in [0, 0.1) is 27.9 Å². The van der Waals surface area contributed by atoms with Crippen molar-refractivity contribution in [2.24, 2.45) is 22.9 Å². The number of rotatable bonds is 31. The van der Waals surface area contributed by atoms with Crippen molar-refractivity contribution in [3.8, 4) is 28.7 Å². The fourth-order valence-electron chi connectivity index (χ4n) is 11.6. The van der Waals surface area contributed by atoms with E-state index in [9.17, 15) is 20.3 Å². The number of aliphatic hydroxyl groups is 2. The Morgan fingerprint density at radius 3 is 2.29 bits per heavy atom. The zero-order valence-corrected chi connectivity index (χ0v) is 44.2. The van der Waals surface area contributed by atoms with Crippen molar-refractivity contribution in [2.75, 3.05) is 33.2 Å². The van der Waals surface area contributed by atoms with Crippen LogP contribution in [0.3, 0.4) is 0 Å². The SMILES string of the molecule is C=CCOC12Oc3ccc(Oc4cccc([N+](=O)[O-])c4)cc3C3C(CCCCO)C(CCCCO)C=C(C(=NOCc4ccccc4)CC1N(Cc1ccc4c(c1)OCO4)C(=O)OCCCCCCCCCCCC)C32. The van der Waals surface area contributed by atoms with E-state index >= 15 is 4.79 Å². The van der Waals surface area contributed by atoms with Crippen LogP contribution in [-0.4, -0.2) is 76.9 Å². The van der Waals surface area contributed by atoms with Crippen molar-refractivity contribution in [3.05, 3.63) is 142 Å². The van der Waals surface area contributed by atoms with E-state index in [4.69, 9.17) is 38.4 Å². The van der Waals surface area contributed by atoms with Crippen LogP contribution in [0.5, 0.6) is 28.7 Å². The van der Waals surface area contributed by atoms with Gasteiger partial charge >= 0.3 is 6.09 Å². The number of carbonyl (C=O) groups excluding carboxylic acids is 1. The maximum absolute atomic E-state index is 15.3. The average Bonchev–Trinajstić information content (AvgIpc) is 4.03. The fourth-order valence-corrected chi connectivity index (χ4v) is 11.6. The Morgan fingerprint density at radius 2 is 1.54 bits per heavy atom. The first-order valence-electron chi connectivity index (χ1n) is 27.7. The second kappa shape index (κ2) is 28.1. The van der Waals surface area contributed by atoms with Crippen molar-refractivity contribution >= 4 is 17.5 Å². The number of nitrogens with zero attached hydrogens (tertiary/aromatic N) is 3. The number of hydrogen-bond acceptors (Lipinski definition) is 13. The molecule has 2 heterocycles. The molecule has 15 nitrogen and oxygen atoms in total. The van der Waals surface area contributed by atoms with Gasteiger partial charge in [0.15, 0.2) is 11.5 Å². The minimum Gasteiger partial charge on any atom is -0.459 e. The first-order chi connectivity index (χ1) is 37.3. The van der Waals surface area contributed by atoms with Crippen LogP contribution in [0.25, 0.3) is 0 Å². The van der Waals surface area contributed by atoms with Crippen LogP contribution in [0.1, 0.15) is 139 Å². The molecule has 6 unspecified atom stereocenters. The molecular weight excluding hydrogens is 967 g/mol. The number of unbranched alkanes of at least 4 members (excludes halogenated alkanes) is 11. The summed E-state index contributed by atoms with van der Waals surface area (Å²) >= 11 is 0. The second-order valence-electron chi connectivity index (χ2n) is 20.5. The predicted octanol–water partition coefficient (Wildman–Crippen LogP) is 13.5. The number of benzene rings is 4. The van der Waals surface area contributed by atoms with Crippen LogP contribution >= 0.6 is 0 Å². The number of non-ortho nitro benzene ring substituents is 1. The number of oxime groups is 1. The minimum atomic E-state index is -1.56. The van der Waals surface area contributed by atoms with Crippen molar-refractivity contribution in [3.63, 3.8) is 0 Å². The third-order valence-corrected chi connectivity index (χ3v) is 15.3. The molecule has 0 aromatic heterocycles. The van der Waals surface area contributed by atoms with Gasteiger partial charge in [-0.15, -0.1) is 6.58 Å². The molecule has 0 bridgehead atoms. The monoisotopic (exact) mass is 1040 g/mol. The van der Waals surface area contributed by atoms with Gasteiger partial charge in [-0.05, 0) is 97.0 Å². The standard InChI is InChI=1S/C61H77N3O12/c1-3-5-6-7-8-9-10-11-12-20-35-70-60(67)63(41-45-28-30-55-56(36-45)72-43-71-55)57-40-53(62-74-42-44-22-14-13-15-23-44)51-37-46(24-16-18-32-65)50(27-17-19-33-66)58-52-39-49(75-48-26-21-25-47(38-48)64(68)69)29-31-54(52)76-61(57,59(51)58)73-34-4-2/h4,13-15,21-23,25-26,28-31,36-39,46,50,57-59,65-66H,2-3,5-12,16-20,24,27,32-35,40-43H2,1H3. The molecule has 4 aliphatic rings. The number of hydrogen-bond donors (Lipinski definition) is 2. The van der Waals surface area contributed by atoms with Gasteiger partial charge in [0.25, 0.3) is 5.69 Å². The molecule has 1 saturated carbocycles. The van der Waals surface area contributed by atoms with Crippen molar-refractivity contribution in [2.45, 2.75) is 147 Å². The van der Waals surface area contributed by atoms with Crippen LogP contribution in [0.2, 0.25) is 0 Å². The Balaban J connectivity index is 1.24. The molecule has 0 spiro atoms. The molecule has 4 aromatic rings. The highest BCUT2D eigenvalue weighted by molar-refractivity contribution is 6.03. The molecule has 6 atom stereocenters. The van der Waals surface area contributed by atoms with Crippen molar-refractivity contribution in [1.29, 1.82) is 0 Å². The molecule has 0 radical (unpaired) electrons. The maximum atomic E-state index is 15.3. The summed E-state index contributed by atoms with van der Waals surface area (Å²) in [7, 11) is 0. The number of fused-ring (bicyclic) bond motifs is 3. The molecule has 4 aromatic carbocycles. The number of nitro groups is 1. The molecule has 2 N–H and O–H groups in total. The summed E-state index contributed by atoms with van der Waals surface area (Å²) in [5.41, 5.74) is 3.99. The minimum absolute atomic E-state index is 0.0162. The second-order valence-corrected chi connectivity index (χ2v) is 20.5. The molecule has 1 fully saturated rings. The summed E-state index contributed by atoms with van der Waals surface area (Å²) in [6, 6.07) is 26.3. The molecule has 0 saturated heterocycles. The van der Waals surface area contributed by atoms with E-state index in [0.717, 1.165) is 73.6 Å². The topological polar surface area (TPSA) is 181 Å². The van der Waals surface area contributed by atoms with Crippen molar-refractivity contribution in [1.82, 2.24) is 4.90 Å². The largest absolute Gasteiger partial charge is 0.459 e. The van der Waals surface area contributed by atoms with Crippen molar-refractivity contribution < 1.29 is 53.2 Å². The first kappa shape index (κ1) is 55.8. The number of amides is 1. The Morgan fingerprint density at radius 1 is 0.816 bits per heavy atom. The Hall–Kier alpha value is -6.42. The highest BCUT2D eigenvalue weighted by Crippen LogP contribution is 2.62. The number of allylic oxidation sites excluding steroid dienone is 1.